The quantitative estimate of drug-likeness (QED) is 0.385. The second kappa shape index (κ2) is 9.15. The second-order valence-electron chi connectivity index (χ2n) is 8.10. The van der Waals surface area contributed by atoms with E-state index in [1.165, 1.54) is 12.1 Å². The highest BCUT2D eigenvalue weighted by molar-refractivity contribution is 7.10. The van der Waals surface area contributed by atoms with Gasteiger partial charge in [0, 0.05) is 35.6 Å². The van der Waals surface area contributed by atoms with Gasteiger partial charge in [-0.3, -0.25) is 0 Å². The number of nitrogens with zero attached hydrogens (tertiary/aromatic N) is 3. The summed E-state index contributed by atoms with van der Waals surface area (Å²) in [6.07, 6.45) is 1.69. The van der Waals surface area contributed by atoms with Gasteiger partial charge < -0.3 is 14.7 Å². The van der Waals surface area contributed by atoms with Crippen molar-refractivity contribution in [2.75, 3.05) is 18.4 Å². The normalized spacial score (nSPS) is 14.4. The molecule has 8 heteroatoms. The molecule has 0 atom stereocenters. The molecule has 1 aliphatic rings. The molecule has 1 aliphatic heterocycles. The lowest BCUT2D eigenvalue weighted by Crippen LogP contribution is -2.40. The van der Waals surface area contributed by atoms with E-state index in [1.54, 1.807) is 28.4 Å². The van der Waals surface area contributed by atoms with E-state index in [9.17, 15) is 9.18 Å². The van der Waals surface area contributed by atoms with Gasteiger partial charge in [-0.2, -0.15) is 0 Å². The average Bonchev–Trinajstić information content (AvgIpc) is 3.48. The van der Waals surface area contributed by atoms with E-state index in [1.807, 2.05) is 37.3 Å². The molecule has 2 aromatic heterocycles. The topological polar surface area (TPSA) is 71.3 Å². The lowest BCUT2D eigenvalue weighted by molar-refractivity contribution is 0.194. The molecule has 1 fully saturated rings. The van der Waals surface area contributed by atoms with Gasteiger partial charge >= 0.3 is 6.03 Å². The molecule has 3 heterocycles. The van der Waals surface area contributed by atoms with Crippen LogP contribution in [0.1, 0.15) is 29.5 Å². The zero-order valence-electron chi connectivity index (χ0n) is 18.1. The molecule has 0 aliphatic carbocycles. The predicted octanol–water partition coefficient (Wildman–Crippen LogP) is 6.32. The minimum atomic E-state index is -0.325. The summed E-state index contributed by atoms with van der Waals surface area (Å²) in [5.41, 5.74) is 4.20. The third kappa shape index (κ3) is 4.52. The number of nitrogens with one attached hydrogen (secondary N) is 1. The number of rotatable bonds is 4. The van der Waals surface area contributed by atoms with Crippen LogP contribution in [0.4, 0.5) is 14.9 Å². The average molecular weight is 463 g/mol. The van der Waals surface area contributed by atoms with Gasteiger partial charge in [0.2, 0.25) is 0 Å². The molecule has 4 aromatic rings. The standard InChI is InChI=1S/C25H23FN4O2S/c1-16-22(23(29-32-16)17-5-3-2-4-6-17)21-15-33-24(28-21)18-11-13-30(14-12-18)25(31)27-20-9-7-19(26)8-10-20/h2-10,15,18H,11-14H2,1H3,(H,27,31). The highest BCUT2D eigenvalue weighted by atomic mass is 32.1. The summed E-state index contributed by atoms with van der Waals surface area (Å²) in [6.45, 7) is 3.20. The van der Waals surface area contributed by atoms with Crippen LogP contribution in [0, 0.1) is 12.7 Å². The summed E-state index contributed by atoms with van der Waals surface area (Å²) in [5, 5.41) is 10.2. The fraction of sp³-hybridized carbons (Fsp3) is 0.240. The van der Waals surface area contributed by atoms with Gasteiger partial charge in [0.15, 0.2) is 0 Å². The maximum absolute atomic E-state index is 13.1. The number of halogens is 1. The van der Waals surface area contributed by atoms with Crippen molar-refractivity contribution >= 4 is 23.1 Å². The summed E-state index contributed by atoms with van der Waals surface area (Å²) < 4.78 is 18.6. The first-order valence-corrected chi connectivity index (χ1v) is 11.8. The van der Waals surface area contributed by atoms with Crippen molar-refractivity contribution in [3.05, 3.63) is 76.6 Å². The van der Waals surface area contributed by atoms with Gasteiger partial charge in [0.1, 0.15) is 17.3 Å². The number of piperidine rings is 1. The summed E-state index contributed by atoms with van der Waals surface area (Å²) in [6, 6.07) is 15.6. The molecule has 2 aromatic carbocycles. The van der Waals surface area contributed by atoms with E-state index < -0.39 is 0 Å². The fourth-order valence-electron chi connectivity index (χ4n) is 4.12. The van der Waals surface area contributed by atoms with Crippen LogP contribution in [-0.2, 0) is 0 Å². The first kappa shape index (κ1) is 21.3. The number of carbonyl (C=O) groups is 1. The van der Waals surface area contributed by atoms with Crippen molar-refractivity contribution in [2.24, 2.45) is 0 Å². The van der Waals surface area contributed by atoms with Crippen LogP contribution in [0.2, 0.25) is 0 Å². The van der Waals surface area contributed by atoms with Crippen molar-refractivity contribution in [1.29, 1.82) is 0 Å². The Bertz CT molecular complexity index is 1250. The van der Waals surface area contributed by atoms with E-state index in [0.717, 1.165) is 46.1 Å². The summed E-state index contributed by atoms with van der Waals surface area (Å²) in [4.78, 5) is 19.3. The molecule has 0 spiro atoms. The molecule has 33 heavy (non-hydrogen) atoms. The van der Waals surface area contributed by atoms with E-state index in [4.69, 9.17) is 9.51 Å². The predicted molar refractivity (Wildman–Crippen MR) is 127 cm³/mol. The molecule has 2 amide bonds. The monoisotopic (exact) mass is 462 g/mol. The van der Waals surface area contributed by atoms with Crippen molar-refractivity contribution in [2.45, 2.75) is 25.7 Å². The molecule has 5 rings (SSSR count). The van der Waals surface area contributed by atoms with E-state index in [0.29, 0.717) is 24.7 Å². The van der Waals surface area contributed by atoms with Gasteiger partial charge in [-0.1, -0.05) is 35.5 Å². The Morgan fingerprint density at radius 3 is 2.58 bits per heavy atom. The van der Waals surface area contributed by atoms with Gasteiger partial charge in [-0.05, 0) is 44.0 Å². The second-order valence-corrected chi connectivity index (χ2v) is 8.99. The lowest BCUT2D eigenvalue weighted by atomic mass is 9.97. The van der Waals surface area contributed by atoms with Crippen LogP contribution < -0.4 is 5.32 Å². The number of benzene rings is 2. The minimum absolute atomic E-state index is 0.160. The third-order valence-electron chi connectivity index (χ3n) is 5.91. The van der Waals surface area contributed by atoms with Crippen LogP contribution >= 0.6 is 11.3 Å². The first-order valence-electron chi connectivity index (χ1n) is 10.9. The highest BCUT2D eigenvalue weighted by Gasteiger charge is 2.27. The van der Waals surface area contributed by atoms with Crippen LogP contribution in [0.5, 0.6) is 0 Å². The zero-order valence-corrected chi connectivity index (χ0v) is 18.9. The van der Waals surface area contributed by atoms with Gasteiger partial charge in [-0.25, -0.2) is 14.2 Å². The molecule has 0 saturated carbocycles. The number of aryl methyl sites for hydroxylation is 1. The van der Waals surface area contributed by atoms with Crippen molar-refractivity contribution < 1.29 is 13.7 Å². The van der Waals surface area contributed by atoms with Gasteiger partial charge in [-0.15, -0.1) is 11.3 Å². The van der Waals surface area contributed by atoms with Crippen molar-refractivity contribution in [1.82, 2.24) is 15.0 Å². The summed E-state index contributed by atoms with van der Waals surface area (Å²) in [7, 11) is 0. The lowest BCUT2D eigenvalue weighted by Gasteiger charge is -2.31. The first-order chi connectivity index (χ1) is 16.1. The molecule has 0 radical (unpaired) electrons. The summed E-state index contributed by atoms with van der Waals surface area (Å²) >= 11 is 1.65. The molecule has 6 nitrogen and oxygen atoms in total. The Hall–Kier alpha value is -3.52. The smallest absolute Gasteiger partial charge is 0.321 e. The summed E-state index contributed by atoms with van der Waals surface area (Å²) in [5.74, 6) is 0.728. The van der Waals surface area contributed by atoms with E-state index >= 15 is 0 Å². The zero-order chi connectivity index (χ0) is 22.8. The highest BCUT2D eigenvalue weighted by Crippen LogP contribution is 2.38. The Kier molecular flexibility index (Phi) is 5.92. The van der Waals surface area contributed by atoms with Crippen LogP contribution in [0.25, 0.3) is 22.5 Å². The van der Waals surface area contributed by atoms with Gasteiger partial charge in [0.25, 0.3) is 0 Å². The molecule has 1 N–H and O–H groups in total. The van der Waals surface area contributed by atoms with E-state index in [2.05, 4.69) is 15.9 Å². The Morgan fingerprint density at radius 1 is 1.12 bits per heavy atom. The number of urea groups is 1. The number of hydrogen-bond acceptors (Lipinski definition) is 5. The Labute approximate surface area is 195 Å². The number of thiazole rings is 1. The van der Waals surface area contributed by atoms with Crippen LogP contribution in [0.15, 0.2) is 64.5 Å². The molecule has 0 unspecified atom stereocenters. The molecular weight excluding hydrogens is 439 g/mol. The van der Waals surface area contributed by atoms with Crippen molar-refractivity contribution in [3.63, 3.8) is 0 Å². The number of aromatic nitrogens is 2. The largest absolute Gasteiger partial charge is 0.360 e. The number of anilines is 1. The van der Waals surface area contributed by atoms with Crippen molar-refractivity contribution in [3.8, 4) is 22.5 Å². The fourth-order valence-corrected chi connectivity index (χ4v) is 5.10. The van der Waals surface area contributed by atoms with Crippen LogP contribution in [-0.4, -0.2) is 34.2 Å². The third-order valence-corrected chi connectivity index (χ3v) is 6.92. The Morgan fingerprint density at radius 2 is 1.85 bits per heavy atom. The molecule has 1 saturated heterocycles. The number of likely N-dealkylation sites (tertiary alicyclic amines) is 1. The number of hydrogen-bond donors (Lipinski definition) is 1. The Balaban J connectivity index is 1.25. The van der Waals surface area contributed by atoms with E-state index in [-0.39, 0.29) is 11.8 Å². The number of amides is 2. The maximum atomic E-state index is 13.1. The molecule has 0 bridgehead atoms. The number of carbonyl (C=O) groups excluding carboxylic acids is 1. The maximum Gasteiger partial charge on any atom is 0.321 e. The molecule has 168 valence electrons. The SMILES string of the molecule is Cc1onc(-c2ccccc2)c1-c1csc(C2CCN(C(=O)Nc3ccc(F)cc3)CC2)n1. The van der Waals surface area contributed by atoms with Crippen LogP contribution in [0.3, 0.4) is 0 Å². The molecular formula is C25H23FN4O2S. The minimum Gasteiger partial charge on any atom is -0.360 e. The van der Waals surface area contributed by atoms with Gasteiger partial charge in [0.05, 0.1) is 16.3 Å².